The first kappa shape index (κ1) is 13.1. The van der Waals surface area contributed by atoms with Crippen LogP contribution in [-0.4, -0.2) is 0 Å². The zero-order chi connectivity index (χ0) is 14.3. The van der Waals surface area contributed by atoms with Crippen LogP contribution in [0.3, 0.4) is 0 Å². The Balaban J connectivity index is 2.45. The molecule has 3 aromatic rings. The van der Waals surface area contributed by atoms with Crippen LogP contribution in [0.2, 0.25) is 0 Å². The predicted octanol–water partition coefficient (Wildman–Crippen LogP) is 5.04. The molecule has 0 aliphatic heterocycles. The quantitative estimate of drug-likeness (QED) is 0.612. The van der Waals surface area contributed by atoms with E-state index in [1.807, 2.05) is 0 Å². The Hall–Kier alpha value is -1.86. The minimum absolute atomic E-state index is 0.0125. The van der Waals surface area contributed by atoms with Gasteiger partial charge in [0.15, 0.2) is 0 Å². The summed E-state index contributed by atoms with van der Waals surface area (Å²) in [6.07, 6.45) is 0. The fourth-order valence-electron chi connectivity index (χ4n) is 2.82. The maximum Gasteiger partial charge on any atom is 0.0356 e. The van der Waals surface area contributed by atoms with Gasteiger partial charge in [-0.05, 0) is 38.6 Å². The van der Waals surface area contributed by atoms with Crippen LogP contribution < -0.4 is 5.73 Å². The molecule has 0 aromatic heterocycles. The first-order valence-electron chi connectivity index (χ1n) is 7.14. The molecule has 2 N–H and O–H groups in total. The van der Waals surface area contributed by atoms with Crippen LogP contribution in [0, 0.1) is 5.41 Å². The number of hydrogen-bond acceptors (Lipinski definition) is 1. The van der Waals surface area contributed by atoms with Gasteiger partial charge in [-0.1, -0.05) is 69.3 Å². The topological polar surface area (TPSA) is 26.0 Å². The summed E-state index contributed by atoms with van der Waals surface area (Å²) in [5.41, 5.74) is 7.91. The zero-order valence-corrected chi connectivity index (χ0v) is 12.4. The zero-order valence-electron chi connectivity index (χ0n) is 12.4. The fraction of sp³-hybridized carbons (Fsp3) is 0.263. The van der Waals surface area contributed by atoms with Crippen molar-refractivity contribution in [2.45, 2.75) is 26.8 Å². The second-order valence-corrected chi connectivity index (χ2v) is 6.58. The molecule has 1 atom stereocenters. The van der Waals surface area contributed by atoms with Gasteiger partial charge in [0.1, 0.15) is 0 Å². The summed E-state index contributed by atoms with van der Waals surface area (Å²) >= 11 is 0. The highest BCUT2D eigenvalue weighted by Crippen LogP contribution is 2.39. The molecule has 0 aliphatic rings. The highest BCUT2D eigenvalue weighted by molar-refractivity contribution is 6.02. The standard InChI is InChI=1S/C19H21N/c1-19(2,3)18(20)17-15-10-6-4-8-13(15)12-14-9-5-7-11-16(14)17/h4-12,18H,20H2,1-3H3/t18-/m0/s1. The molecule has 102 valence electrons. The van der Waals surface area contributed by atoms with Crippen molar-refractivity contribution in [2.24, 2.45) is 11.1 Å². The minimum Gasteiger partial charge on any atom is -0.323 e. The Morgan fingerprint density at radius 1 is 0.800 bits per heavy atom. The Morgan fingerprint density at radius 2 is 1.25 bits per heavy atom. The molecule has 1 heteroatoms. The van der Waals surface area contributed by atoms with E-state index in [4.69, 9.17) is 5.73 Å². The number of rotatable bonds is 1. The van der Waals surface area contributed by atoms with Gasteiger partial charge in [-0.15, -0.1) is 0 Å². The smallest absolute Gasteiger partial charge is 0.0356 e. The van der Waals surface area contributed by atoms with E-state index in [1.54, 1.807) is 0 Å². The van der Waals surface area contributed by atoms with E-state index in [0.717, 1.165) is 0 Å². The largest absolute Gasteiger partial charge is 0.323 e. The third-order valence-electron chi connectivity index (χ3n) is 4.06. The number of nitrogens with two attached hydrogens (primary N) is 1. The lowest BCUT2D eigenvalue weighted by molar-refractivity contribution is 0.330. The highest BCUT2D eigenvalue weighted by atomic mass is 14.7. The molecule has 1 nitrogen and oxygen atoms in total. The van der Waals surface area contributed by atoms with Crippen molar-refractivity contribution in [3.8, 4) is 0 Å². The van der Waals surface area contributed by atoms with Crippen LogP contribution in [0.15, 0.2) is 54.6 Å². The molecule has 20 heavy (non-hydrogen) atoms. The molecule has 0 fully saturated rings. The minimum atomic E-state index is 0.0125. The normalized spacial score (nSPS) is 13.8. The van der Waals surface area contributed by atoms with E-state index in [-0.39, 0.29) is 11.5 Å². The lowest BCUT2D eigenvalue weighted by Crippen LogP contribution is -2.26. The van der Waals surface area contributed by atoms with Crippen LogP contribution in [0.25, 0.3) is 21.5 Å². The highest BCUT2D eigenvalue weighted by Gasteiger charge is 2.25. The number of hydrogen-bond donors (Lipinski definition) is 1. The summed E-state index contributed by atoms with van der Waals surface area (Å²) in [5.74, 6) is 0. The number of fused-ring (bicyclic) bond motifs is 2. The summed E-state index contributed by atoms with van der Waals surface area (Å²) in [6, 6.07) is 19.3. The molecule has 0 heterocycles. The summed E-state index contributed by atoms with van der Waals surface area (Å²) in [4.78, 5) is 0. The molecule has 0 unspecified atom stereocenters. The van der Waals surface area contributed by atoms with Crippen molar-refractivity contribution in [2.75, 3.05) is 0 Å². The van der Waals surface area contributed by atoms with E-state index >= 15 is 0 Å². The summed E-state index contributed by atoms with van der Waals surface area (Å²) in [6.45, 7) is 6.61. The van der Waals surface area contributed by atoms with Crippen molar-refractivity contribution in [1.29, 1.82) is 0 Å². The van der Waals surface area contributed by atoms with Gasteiger partial charge in [0.05, 0.1) is 0 Å². The van der Waals surface area contributed by atoms with Crippen molar-refractivity contribution in [3.05, 3.63) is 60.2 Å². The molecule has 0 aliphatic carbocycles. The lowest BCUT2D eigenvalue weighted by atomic mass is 9.79. The van der Waals surface area contributed by atoms with Crippen LogP contribution in [0.5, 0.6) is 0 Å². The van der Waals surface area contributed by atoms with E-state index in [2.05, 4.69) is 75.4 Å². The third-order valence-corrected chi connectivity index (χ3v) is 4.06. The van der Waals surface area contributed by atoms with Crippen LogP contribution >= 0.6 is 0 Å². The third kappa shape index (κ3) is 2.08. The lowest BCUT2D eigenvalue weighted by Gasteiger charge is -2.29. The average Bonchev–Trinajstić information content (AvgIpc) is 2.43. The summed E-state index contributed by atoms with van der Waals surface area (Å²) in [7, 11) is 0. The molecule has 0 saturated heterocycles. The molecular formula is C19H21N. The van der Waals surface area contributed by atoms with Crippen LogP contribution in [0.4, 0.5) is 0 Å². The molecule has 0 radical (unpaired) electrons. The van der Waals surface area contributed by atoms with Crippen molar-refractivity contribution in [1.82, 2.24) is 0 Å². The van der Waals surface area contributed by atoms with Gasteiger partial charge in [-0.25, -0.2) is 0 Å². The Kier molecular flexibility index (Phi) is 3.02. The predicted molar refractivity (Wildman–Crippen MR) is 87.8 cm³/mol. The van der Waals surface area contributed by atoms with Crippen LogP contribution in [-0.2, 0) is 0 Å². The molecule has 3 aromatic carbocycles. The molecule has 0 amide bonds. The van der Waals surface area contributed by atoms with Crippen molar-refractivity contribution >= 4 is 21.5 Å². The van der Waals surface area contributed by atoms with Crippen molar-refractivity contribution < 1.29 is 0 Å². The van der Waals surface area contributed by atoms with Gasteiger partial charge < -0.3 is 5.73 Å². The van der Waals surface area contributed by atoms with Gasteiger partial charge in [0.2, 0.25) is 0 Å². The van der Waals surface area contributed by atoms with Gasteiger partial charge in [-0.3, -0.25) is 0 Å². The molecule has 0 bridgehead atoms. The first-order chi connectivity index (χ1) is 9.48. The monoisotopic (exact) mass is 263 g/mol. The first-order valence-corrected chi connectivity index (χ1v) is 7.14. The molecule has 3 rings (SSSR count). The second kappa shape index (κ2) is 4.60. The van der Waals surface area contributed by atoms with Crippen molar-refractivity contribution in [3.63, 3.8) is 0 Å². The molecule has 0 saturated carbocycles. The Bertz CT molecular complexity index is 711. The van der Waals surface area contributed by atoms with Gasteiger partial charge in [0.25, 0.3) is 0 Å². The SMILES string of the molecule is CC(C)(C)[C@@H](N)c1c2ccccc2cc2ccccc12. The van der Waals surface area contributed by atoms with E-state index in [0.29, 0.717) is 0 Å². The summed E-state index contributed by atoms with van der Waals surface area (Å²) in [5, 5.41) is 5.07. The summed E-state index contributed by atoms with van der Waals surface area (Å²) < 4.78 is 0. The Labute approximate surface area is 120 Å². The van der Waals surface area contributed by atoms with E-state index < -0.39 is 0 Å². The van der Waals surface area contributed by atoms with Gasteiger partial charge in [-0.2, -0.15) is 0 Å². The van der Waals surface area contributed by atoms with Gasteiger partial charge >= 0.3 is 0 Å². The molecular weight excluding hydrogens is 242 g/mol. The van der Waals surface area contributed by atoms with E-state index in [1.165, 1.54) is 27.1 Å². The maximum absolute atomic E-state index is 6.60. The average molecular weight is 263 g/mol. The van der Waals surface area contributed by atoms with E-state index in [9.17, 15) is 0 Å². The number of benzene rings is 3. The Morgan fingerprint density at radius 3 is 1.70 bits per heavy atom. The van der Waals surface area contributed by atoms with Gasteiger partial charge in [0, 0.05) is 6.04 Å². The van der Waals surface area contributed by atoms with Crippen LogP contribution in [0.1, 0.15) is 32.4 Å². The fourth-order valence-corrected chi connectivity index (χ4v) is 2.82. The maximum atomic E-state index is 6.60. The molecule has 0 spiro atoms. The second-order valence-electron chi connectivity index (χ2n) is 6.58.